The van der Waals surface area contributed by atoms with Gasteiger partial charge in [0.05, 0.1) is 6.20 Å². The number of amides is 1. The number of carbonyl (C=O) groups excluding carboxylic acids is 2. The van der Waals surface area contributed by atoms with Gasteiger partial charge in [0.2, 0.25) is 12.3 Å². The molecule has 4 aromatic carbocycles. The number of rotatable bonds is 12. The van der Waals surface area contributed by atoms with Gasteiger partial charge in [0.25, 0.3) is 0 Å². The zero-order valence-corrected chi connectivity index (χ0v) is 27.5. The summed E-state index contributed by atoms with van der Waals surface area (Å²) in [7, 11) is 1.95. The van der Waals surface area contributed by atoms with Crippen LogP contribution in [0.25, 0.3) is 11.5 Å². The van der Waals surface area contributed by atoms with E-state index in [9.17, 15) is 9.59 Å². The molecule has 1 heterocycles. The first-order valence-electron chi connectivity index (χ1n) is 15.6. The number of hydrogen-bond donors (Lipinski definition) is 3. The second-order valence-corrected chi connectivity index (χ2v) is 10.5. The van der Waals surface area contributed by atoms with Gasteiger partial charge in [0.15, 0.2) is 0 Å². The highest BCUT2D eigenvalue weighted by atomic mass is 16.3. The van der Waals surface area contributed by atoms with Gasteiger partial charge in [0.1, 0.15) is 12.5 Å². The van der Waals surface area contributed by atoms with Gasteiger partial charge in [0, 0.05) is 30.8 Å². The van der Waals surface area contributed by atoms with Crippen LogP contribution < -0.4 is 16.0 Å². The van der Waals surface area contributed by atoms with Gasteiger partial charge < -0.3 is 20.4 Å². The number of nitrogens with one attached hydrogen (secondary N) is 3. The van der Waals surface area contributed by atoms with E-state index in [0.717, 1.165) is 62.8 Å². The molecule has 0 aliphatic heterocycles. The Morgan fingerprint density at radius 1 is 0.739 bits per heavy atom. The van der Waals surface area contributed by atoms with Gasteiger partial charge in [-0.3, -0.25) is 9.59 Å². The van der Waals surface area contributed by atoms with E-state index in [4.69, 9.17) is 4.42 Å². The van der Waals surface area contributed by atoms with E-state index < -0.39 is 0 Å². The second kappa shape index (κ2) is 23.5. The monoisotopic (exact) mass is 620 g/mol. The van der Waals surface area contributed by atoms with Gasteiger partial charge in [-0.1, -0.05) is 97.4 Å². The molecule has 242 valence electrons. The quantitative estimate of drug-likeness (QED) is 0.0998. The molecule has 0 aliphatic carbocycles. The summed E-state index contributed by atoms with van der Waals surface area (Å²) in [6.07, 6.45) is 6.70. The molecule has 5 aromatic rings. The van der Waals surface area contributed by atoms with Crippen LogP contribution in [0.2, 0.25) is 0 Å². The Kier molecular flexibility index (Phi) is 19.1. The Balaban J connectivity index is 0.000000223. The molecule has 0 aliphatic rings. The smallest absolute Gasteiger partial charge is 0.225 e. The predicted molar refractivity (Wildman–Crippen MR) is 189 cm³/mol. The lowest BCUT2D eigenvalue weighted by atomic mass is 10.1. The third kappa shape index (κ3) is 16.3. The summed E-state index contributed by atoms with van der Waals surface area (Å²) in [5.41, 5.74) is 7.84. The van der Waals surface area contributed by atoms with E-state index in [2.05, 4.69) is 83.3 Å². The first kappa shape index (κ1) is 37.3. The minimum atomic E-state index is 0.539. The van der Waals surface area contributed by atoms with E-state index in [0.29, 0.717) is 11.5 Å². The molecule has 0 saturated heterocycles. The third-order valence-electron chi connectivity index (χ3n) is 6.57. The van der Waals surface area contributed by atoms with Crippen molar-refractivity contribution in [3.63, 3.8) is 0 Å². The van der Waals surface area contributed by atoms with Crippen LogP contribution in [0.5, 0.6) is 0 Å². The van der Waals surface area contributed by atoms with E-state index >= 15 is 0 Å². The maximum atomic E-state index is 10.6. The zero-order chi connectivity index (χ0) is 33.2. The maximum absolute atomic E-state index is 10.6. The molecule has 0 atom stereocenters. The summed E-state index contributed by atoms with van der Waals surface area (Å²) in [5.74, 6) is 0.539. The largest absolute Gasteiger partial charge is 0.445 e. The first-order chi connectivity index (χ1) is 22.5. The summed E-state index contributed by atoms with van der Waals surface area (Å²) in [4.78, 5) is 24.6. The fraction of sp³-hybridized carbons (Fsp3) is 0.256. The topological polar surface area (TPSA) is 96.3 Å². The van der Waals surface area contributed by atoms with Crippen LogP contribution in [-0.2, 0) is 24.3 Å². The predicted octanol–water partition coefficient (Wildman–Crippen LogP) is 7.34. The molecule has 3 N–H and O–H groups in total. The molecule has 0 spiro atoms. The van der Waals surface area contributed by atoms with Crippen molar-refractivity contribution in [1.29, 1.82) is 0 Å². The van der Waals surface area contributed by atoms with Crippen molar-refractivity contribution in [3.05, 3.63) is 149 Å². The number of benzene rings is 4. The fourth-order valence-corrected chi connectivity index (χ4v) is 4.27. The molecule has 7 heteroatoms. The van der Waals surface area contributed by atoms with Gasteiger partial charge >= 0.3 is 0 Å². The van der Waals surface area contributed by atoms with Crippen molar-refractivity contribution in [2.24, 2.45) is 0 Å². The van der Waals surface area contributed by atoms with Gasteiger partial charge in [-0.2, -0.15) is 0 Å². The highest BCUT2D eigenvalue weighted by Crippen LogP contribution is 2.19. The lowest BCUT2D eigenvalue weighted by molar-refractivity contribution is -0.109. The molecule has 0 bridgehead atoms. The number of aryl methyl sites for hydroxylation is 3. The third-order valence-corrected chi connectivity index (χ3v) is 6.57. The number of aromatic nitrogens is 1. The molecule has 46 heavy (non-hydrogen) atoms. The fourth-order valence-electron chi connectivity index (χ4n) is 4.27. The molecule has 0 unspecified atom stereocenters. The minimum Gasteiger partial charge on any atom is -0.445 e. The summed E-state index contributed by atoms with van der Waals surface area (Å²) >= 11 is 0. The van der Waals surface area contributed by atoms with Crippen molar-refractivity contribution in [1.82, 2.24) is 20.9 Å². The molecular weight excluding hydrogens is 572 g/mol. The molecule has 0 radical (unpaired) electrons. The number of carbonyl (C=O) groups is 2. The Morgan fingerprint density at radius 3 is 2.02 bits per heavy atom. The van der Waals surface area contributed by atoms with Crippen LogP contribution in [0.3, 0.4) is 0 Å². The molecule has 5 rings (SSSR count). The van der Waals surface area contributed by atoms with E-state index in [-0.39, 0.29) is 0 Å². The molecule has 1 aromatic heterocycles. The first-order valence-corrected chi connectivity index (χ1v) is 15.6. The highest BCUT2D eigenvalue weighted by Gasteiger charge is 2.04. The molecule has 1 amide bonds. The van der Waals surface area contributed by atoms with Crippen molar-refractivity contribution < 1.29 is 14.0 Å². The normalized spacial score (nSPS) is 9.74. The molecule has 0 saturated carbocycles. The number of oxazole rings is 1. The lowest BCUT2D eigenvalue weighted by Crippen LogP contribution is -2.20. The SMILES string of the molecule is CCc1cccc(CNCCCNC=O)c1.CNCc1ccccc1.Cc1cc(C=O)cc(-c2ncco2)c1.Cc1ccccc1. The highest BCUT2D eigenvalue weighted by molar-refractivity contribution is 5.78. The summed E-state index contributed by atoms with van der Waals surface area (Å²) in [6.45, 7) is 9.70. The van der Waals surface area contributed by atoms with Gasteiger partial charge in [-0.05, 0) is 80.7 Å². The Labute approximate surface area is 274 Å². The van der Waals surface area contributed by atoms with Gasteiger partial charge in [-0.15, -0.1) is 0 Å². The van der Waals surface area contributed by atoms with Gasteiger partial charge in [-0.25, -0.2) is 4.98 Å². The van der Waals surface area contributed by atoms with Crippen LogP contribution in [0, 0.1) is 13.8 Å². The van der Waals surface area contributed by atoms with Crippen molar-refractivity contribution >= 4 is 12.7 Å². The number of nitrogens with zero attached hydrogens (tertiary/aromatic N) is 1. The van der Waals surface area contributed by atoms with Crippen LogP contribution in [0.15, 0.2) is 120 Å². The summed E-state index contributed by atoms with van der Waals surface area (Å²) in [6, 6.07) is 34.7. The lowest BCUT2D eigenvalue weighted by Gasteiger charge is -2.06. The maximum Gasteiger partial charge on any atom is 0.225 e. The molecule has 0 fully saturated rings. The Morgan fingerprint density at radius 2 is 1.43 bits per heavy atom. The van der Waals surface area contributed by atoms with Crippen LogP contribution >= 0.6 is 0 Å². The van der Waals surface area contributed by atoms with Crippen molar-refractivity contribution in [2.45, 2.75) is 46.7 Å². The van der Waals surface area contributed by atoms with E-state index in [1.807, 2.05) is 62.5 Å². The number of aldehydes is 1. The number of hydrogen-bond acceptors (Lipinski definition) is 6. The molecule has 7 nitrogen and oxygen atoms in total. The van der Waals surface area contributed by atoms with E-state index in [1.165, 1.54) is 28.5 Å². The average Bonchev–Trinajstić information content (AvgIpc) is 3.64. The standard InChI is InChI=1S/C13H20N2O.C11H9NO2.C8H11N.C7H8/c1-2-12-5-3-6-13(9-12)10-14-7-4-8-15-11-16;1-8-4-9(7-13)6-10(5-8)11-12-2-3-14-11;1-9-7-8-5-3-2-4-6-8;1-7-5-3-2-4-6-7/h3,5-6,9,11,14H,2,4,7-8,10H2,1H3,(H,15,16);2-7H,1H3;2-6,9H,7H2,1H3;2-6H,1H3. The van der Waals surface area contributed by atoms with Crippen LogP contribution in [0.1, 0.15) is 51.5 Å². The van der Waals surface area contributed by atoms with E-state index in [1.54, 1.807) is 12.3 Å². The molecular formula is C39H48N4O3. The van der Waals surface area contributed by atoms with Crippen molar-refractivity contribution in [2.75, 3.05) is 20.1 Å². The average molecular weight is 621 g/mol. The Bertz CT molecular complexity index is 1490. The zero-order valence-electron chi connectivity index (χ0n) is 27.5. The van der Waals surface area contributed by atoms with Crippen LogP contribution in [-0.4, -0.2) is 37.8 Å². The second-order valence-electron chi connectivity index (χ2n) is 10.5. The minimum absolute atomic E-state index is 0.539. The summed E-state index contributed by atoms with van der Waals surface area (Å²) < 4.78 is 5.15. The summed E-state index contributed by atoms with van der Waals surface area (Å²) in [5, 5.41) is 9.08. The van der Waals surface area contributed by atoms with Crippen molar-refractivity contribution in [3.8, 4) is 11.5 Å². The van der Waals surface area contributed by atoms with Crippen LogP contribution in [0.4, 0.5) is 0 Å². The Hall–Kier alpha value is -4.85.